The van der Waals surface area contributed by atoms with E-state index < -0.39 is 67.0 Å². The maximum absolute atomic E-state index is 12.5. The van der Waals surface area contributed by atoms with Crippen molar-refractivity contribution >= 4 is 30.1 Å². The van der Waals surface area contributed by atoms with Gasteiger partial charge in [-0.25, -0.2) is 14.4 Å². The van der Waals surface area contributed by atoms with Crippen molar-refractivity contribution in [3.63, 3.8) is 0 Å². The molecule has 2 rings (SSSR count). The van der Waals surface area contributed by atoms with E-state index in [1.54, 1.807) is 86.7 Å². The number of carbonyl (C=O) groups is 5. The number of ether oxygens (including phenoxy) is 4. The summed E-state index contributed by atoms with van der Waals surface area (Å²) in [4.78, 5) is 60.6. The highest BCUT2D eigenvalue weighted by Gasteiger charge is 2.38. The van der Waals surface area contributed by atoms with E-state index in [2.05, 4.69) is 5.32 Å². The molecule has 0 spiro atoms. The molecule has 2 aromatic rings. The Labute approximate surface area is 359 Å². The van der Waals surface area contributed by atoms with Crippen LogP contribution in [-0.2, 0) is 33.3 Å². The number of hydrogen-bond donors (Lipinski definition) is 7. The van der Waals surface area contributed by atoms with Crippen LogP contribution >= 0.6 is 0 Å². The highest BCUT2D eigenvalue weighted by Crippen LogP contribution is 2.22. The van der Waals surface area contributed by atoms with E-state index in [1.165, 1.54) is 34.1 Å². The number of benzene rings is 2. The number of carbonyl (C=O) groups excluding carboxylic acids is 4. The molecule has 0 radical (unpaired) electrons. The van der Waals surface area contributed by atoms with Crippen LogP contribution < -0.4 is 11.1 Å². The third-order valence-electron chi connectivity index (χ3n) is 8.47. The first-order valence-electron chi connectivity index (χ1n) is 19.7. The van der Waals surface area contributed by atoms with Crippen LogP contribution in [0.15, 0.2) is 48.5 Å². The molecule has 0 saturated heterocycles. The molecule has 2 aromatic carbocycles. The van der Waals surface area contributed by atoms with Crippen molar-refractivity contribution in [1.82, 2.24) is 15.1 Å². The minimum atomic E-state index is -5.08. The van der Waals surface area contributed by atoms with Crippen molar-refractivity contribution in [1.29, 1.82) is 0 Å². The van der Waals surface area contributed by atoms with Gasteiger partial charge in [-0.15, -0.1) is 0 Å². The molecule has 0 bridgehead atoms. The average molecular weight is 893 g/mol. The Morgan fingerprint density at radius 3 is 1.32 bits per heavy atom. The minimum Gasteiger partial charge on any atom is -0.508 e. The van der Waals surface area contributed by atoms with Crippen molar-refractivity contribution in [3.05, 3.63) is 59.7 Å². The second kappa shape index (κ2) is 28.3. The Hall–Kier alpha value is -5.38. The van der Waals surface area contributed by atoms with E-state index in [0.29, 0.717) is 24.2 Å². The fourth-order valence-electron chi connectivity index (χ4n) is 4.65. The summed E-state index contributed by atoms with van der Waals surface area (Å²) in [5.41, 5.74) is 6.42. The van der Waals surface area contributed by atoms with Crippen molar-refractivity contribution in [2.45, 2.75) is 86.4 Å². The van der Waals surface area contributed by atoms with E-state index in [4.69, 9.17) is 34.6 Å². The molecule has 0 heterocycles. The molecule has 0 fully saturated rings. The second-order valence-corrected chi connectivity index (χ2v) is 14.6. The lowest BCUT2D eigenvalue weighted by Crippen LogP contribution is -2.40. The Kier molecular flexibility index (Phi) is 25.8. The number of amides is 2. The summed E-state index contributed by atoms with van der Waals surface area (Å²) in [5.74, 6) is -5.05. The highest BCUT2D eigenvalue weighted by molar-refractivity contribution is 5.74. The fraction of sp³-hybridized carbons (Fsp3) is 0.585. The molecule has 0 aromatic heterocycles. The van der Waals surface area contributed by atoms with Crippen molar-refractivity contribution in [3.8, 4) is 11.5 Å². The number of aliphatic carboxylic acids is 1. The molecule has 0 saturated carbocycles. The van der Waals surface area contributed by atoms with Crippen LogP contribution in [0.2, 0.25) is 0 Å². The topological polar surface area (TPSA) is 268 Å². The molecule has 0 aliphatic rings. The largest absolute Gasteiger partial charge is 0.508 e. The fourth-order valence-corrected chi connectivity index (χ4v) is 4.65. The Morgan fingerprint density at radius 1 is 0.694 bits per heavy atom. The summed E-state index contributed by atoms with van der Waals surface area (Å²) >= 11 is 0. The number of hydrogen-bond acceptors (Lipinski definition) is 15. The van der Waals surface area contributed by atoms with Gasteiger partial charge in [-0.2, -0.15) is 13.2 Å². The second-order valence-electron chi connectivity index (χ2n) is 14.6. The number of phenols is 2. The number of nitrogens with two attached hydrogens (primary N) is 1. The van der Waals surface area contributed by atoms with Gasteiger partial charge in [-0.05, 0) is 56.3 Å². The highest BCUT2D eigenvalue weighted by atomic mass is 19.4. The number of alkyl halides is 3. The predicted octanol–water partition coefficient (Wildman–Crippen LogP) is 4.90. The van der Waals surface area contributed by atoms with Gasteiger partial charge in [-0.3, -0.25) is 9.59 Å². The van der Waals surface area contributed by atoms with Crippen LogP contribution in [0.4, 0.5) is 22.8 Å². The maximum Gasteiger partial charge on any atom is 0.490 e. The van der Waals surface area contributed by atoms with E-state index in [1.807, 2.05) is 0 Å². The maximum atomic E-state index is 12.5. The lowest BCUT2D eigenvalue weighted by molar-refractivity contribution is -0.192. The average Bonchev–Trinajstić information content (AvgIpc) is 3.20. The standard InChI is InChI=1S/C20H32N2O6.C19H30N2O6.C2HF3O2/c1-6-22(12-17(24)15-8-7-9-16(23)10-15)20(26)28-19(13(2)3)27-18(25)14(4)11-21-5;1-5-21(11-16(23)14-7-6-8-15(22)9-14)19(25)27-18(12(2)3)26-17(24)13(4)10-20;3-2(4,5)1(6)7/h7-10,13-14,17,19,21,23-24H,6,11-12H2,1-5H3;6-9,12-13,16,18,22-23H,5,10-11,20H2,1-4H3;(H,6,7). The van der Waals surface area contributed by atoms with E-state index in [-0.39, 0.29) is 55.4 Å². The first-order valence-corrected chi connectivity index (χ1v) is 19.7. The lowest BCUT2D eigenvalue weighted by atomic mass is 10.1. The molecule has 62 heavy (non-hydrogen) atoms. The summed E-state index contributed by atoms with van der Waals surface area (Å²) in [6, 6.07) is 12.4. The summed E-state index contributed by atoms with van der Waals surface area (Å²) in [6.07, 6.45) is -10.5. The quantitative estimate of drug-likeness (QED) is 0.0730. The molecule has 352 valence electrons. The van der Waals surface area contributed by atoms with Crippen LogP contribution in [0.1, 0.15) is 78.7 Å². The number of halogens is 3. The van der Waals surface area contributed by atoms with Crippen molar-refractivity contribution in [2.75, 3.05) is 46.3 Å². The zero-order chi connectivity index (χ0) is 47.9. The number of likely N-dealkylation sites (N-methyl/N-ethyl adjacent to an activating group) is 2. The van der Waals surface area contributed by atoms with Crippen LogP contribution in [0, 0.1) is 23.7 Å². The van der Waals surface area contributed by atoms with E-state index in [9.17, 15) is 52.8 Å². The number of aliphatic hydroxyl groups is 2. The zero-order valence-electron chi connectivity index (χ0n) is 36.5. The predicted molar refractivity (Wildman–Crippen MR) is 218 cm³/mol. The molecular weight excluding hydrogens is 829 g/mol. The Bertz CT molecular complexity index is 1680. The summed E-state index contributed by atoms with van der Waals surface area (Å²) in [5, 5.41) is 49.8. The van der Waals surface area contributed by atoms with Crippen molar-refractivity contribution in [2.24, 2.45) is 29.4 Å². The molecule has 18 nitrogen and oxygen atoms in total. The Balaban J connectivity index is 0.00000104. The van der Waals surface area contributed by atoms with Gasteiger partial charge in [-0.1, -0.05) is 65.8 Å². The van der Waals surface area contributed by atoms with Crippen LogP contribution in [0.25, 0.3) is 0 Å². The smallest absolute Gasteiger partial charge is 0.490 e. The third kappa shape index (κ3) is 21.4. The Morgan fingerprint density at radius 2 is 1.05 bits per heavy atom. The molecule has 8 N–H and O–H groups in total. The number of carboxylic acids is 1. The third-order valence-corrected chi connectivity index (χ3v) is 8.47. The van der Waals surface area contributed by atoms with E-state index in [0.717, 1.165) is 0 Å². The van der Waals surface area contributed by atoms with Crippen LogP contribution in [0.5, 0.6) is 11.5 Å². The number of phenolic OH excluding ortho intramolecular Hbond substituents is 2. The molecule has 2 amide bonds. The van der Waals surface area contributed by atoms with Gasteiger partial charge in [0.2, 0.25) is 0 Å². The van der Waals surface area contributed by atoms with Gasteiger partial charge in [0.05, 0.1) is 37.1 Å². The van der Waals surface area contributed by atoms with Gasteiger partial charge in [0.15, 0.2) is 0 Å². The molecular formula is C41H63F3N4O14. The van der Waals surface area contributed by atoms with Gasteiger partial charge < -0.3 is 65.3 Å². The van der Waals surface area contributed by atoms with Crippen LogP contribution in [0.3, 0.4) is 0 Å². The van der Waals surface area contributed by atoms with Gasteiger partial charge >= 0.3 is 36.3 Å². The number of nitrogens with zero attached hydrogens (tertiary/aromatic N) is 2. The first kappa shape index (κ1) is 56.6. The lowest BCUT2D eigenvalue weighted by Gasteiger charge is -2.28. The summed E-state index contributed by atoms with van der Waals surface area (Å²) in [6.45, 7) is 15.0. The van der Waals surface area contributed by atoms with Crippen molar-refractivity contribution < 1.29 is 81.6 Å². The number of aromatic hydroxyl groups is 2. The van der Waals surface area contributed by atoms with Gasteiger partial charge in [0.25, 0.3) is 12.6 Å². The monoisotopic (exact) mass is 892 g/mol. The normalized spacial score (nSPS) is 14.0. The first-order chi connectivity index (χ1) is 28.8. The zero-order valence-corrected chi connectivity index (χ0v) is 36.5. The number of esters is 2. The minimum absolute atomic E-state index is 0.0201. The SMILES string of the molecule is CCN(CC(O)c1cccc(O)c1)C(=O)OC(OC(=O)C(C)CN)C(C)C.CCN(CC(O)c1cccc(O)c1)C(=O)OC(OC(=O)C(C)CNC)C(C)C.O=C(O)C(F)(F)F. The molecule has 6 unspecified atom stereocenters. The van der Waals surface area contributed by atoms with Gasteiger partial charge in [0.1, 0.15) is 11.5 Å². The van der Waals surface area contributed by atoms with E-state index >= 15 is 0 Å². The summed E-state index contributed by atoms with van der Waals surface area (Å²) < 4.78 is 53.1. The number of carboxylic acid groups (broad SMARTS) is 1. The van der Waals surface area contributed by atoms with Crippen LogP contribution in [-0.4, -0.2) is 130 Å². The molecule has 0 aliphatic carbocycles. The molecule has 21 heteroatoms. The number of aliphatic hydroxyl groups excluding tert-OH is 2. The molecule has 6 atom stereocenters. The number of nitrogens with one attached hydrogen (secondary N) is 1. The summed E-state index contributed by atoms with van der Waals surface area (Å²) in [7, 11) is 1.74. The van der Waals surface area contributed by atoms with Gasteiger partial charge in [0, 0.05) is 38.0 Å². The number of rotatable bonds is 19. The molecule has 0 aliphatic heterocycles.